The third kappa shape index (κ3) is 3.34. The summed E-state index contributed by atoms with van der Waals surface area (Å²) in [6.45, 7) is 2.08. The minimum atomic E-state index is 0.194. The second kappa shape index (κ2) is 6.18. The Morgan fingerprint density at radius 2 is 2.11 bits per heavy atom. The van der Waals surface area contributed by atoms with E-state index in [0.29, 0.717) is 0 Å². The number of hydrogen-bond acceptors (Lipinski definition) is 1. The highest BCUT2D eigenvalue weighted by molar-refractivity contribution is 9.11. The molecule has 0 aliphatic heterocycles. The van der Waals surface area contributed by atoms with Crippen molar-refractivity contribution < 1.29 is 0 Å². The highest BCUT2D eigenvalue weighted by atomic mass is 79.9. The molecule has 0 saturated carbocycles. The molecule has 18 heavy (non-hydrogen) atoms. The van der Waals surface area contributed by atoms with E-state index in [9.17, 15) is 0 Å². The van der Waals surface area contributed by atoms with Gasteiger partial charge in [-0.15, -0.1) is 0 Å². The molecule has 4 heteroatoms. The van der Waals surface area contributed by atoms with Crippen LogP contribution in [-0.2, 0) is 6.42 Å². The van der Waals surface area contributed by atoms with Crippen molar-refractivity contribution in [3.8, 4) is 0 Å². The van der Waals surface area contributed by atoms with Gasteiger partial charge in [0.1, 0.15) is 0 Å². The highest BCUT2D eigenvalue weighted by Gasteiger charge is 2.14. The summed E-state index contributed by atoms with van der Waals surface area (Å²) < 4.78 is 1.06. The van der Waals surface area contributed by atoms with E-state index in [1.807, 2.05) is 30.5 Å². The predicted molar refractivity (Wildman–Crippen MR) is 83.5 cm³/mol. The van der Waals surface area contributed by atoms with E-state index < -0.39 is 0 Å². The van der Waals surface area contributed by atoms with Crippen LogP contribution in [0.3, 0.4) is 0 Å². The van der Waals surface area contributed by atoms with Crippen molar-refractivity contribution in [3.63, 3.8) is 0 Å². The maximum atomic E-state index is 6.04. The lowest BCUT2D eigenvalue weighted by atomic mass is 10.1. The molecular weight excluding hydrogens is 377 g/mol. The van der Waals surface area contributed by atoms with Crippen LogP contribution in [0, 0.1) is 6.92 Å². The number of alkyl halides is 1. The molecule has 2 rings (SSSR count). The first kappa shape index (κ1) is 14.0. The van der Waals surface area contributed by atoms with Crippen molar-refractivity contribution in [2.75, 3.05) is 0 Å². The first-order valence-corrected chi connectivity index (χ1v) is 7.66. The molecule has 1 aromatic carbocycles. The lowest BCUT2D eigenvalue weighted by Gasteiger charge is -2.13. The molecule has 0 saturated heterocycles. The number of rotatable bonds is 3. The van der Waals surface area contributed by atoms with Gasteiger partial charge in [0.2, 0.25) is 0 Å². The Hall–Kier alpha value is -0.380. The van der Waals surface area contributed by atoms with Gasteiger partial charge in [0.15, 0.2) is 0 Å². The lowest BCUT2D eigenvalue weighted by molar-refractivity contribution is 0.888. The molecule has 1 aromatic heterocycles. The fourth-order valence-electron chi connectivity index (χ4n) is 1.77. The van der Waals surface area contributed by atoms with Gasteiger partial charge >= 0.3 is 0 Å². The zero-order chi connectivity index (χ0) is 13.1. The van der Waals surface area contributed by atoms with Gasteiger partial charge in [-0.05, 0) is 42.3 Å². The van der Waals surface area contributed by atoms with Gasteiger partial charge in [0, 0.05) is 32.6 Å². The van der Waals surface area contributed by atoms with Gasteiger partial charge in [0.25, 0.3) is 0 Å². The van der Waals surface area contributed by atoms with E-state index in [2.05, 4.69) is 49.8 Å². The molecule has 1 unspecified atom stereocenters. The normalized spacial score (nSPS) is 12.4. The molecule has 0 amide bonds. The average Bonchev–Trinajstić information content (AvgIpc) is 2.35. The van der Waals surface area contributed by atoms with Gasteiger partial charge in [-0.3, -0.25) is 4.98 Å². The van der Waals surface area contributed by atoms with E-state index >= 15 is 0 Å². The third-order valence-corrected chi connectivity index (χ3v) is 4.56. The van der Waals surface area contributed by atoms with E-state index in [4.69, 9.17) is 11.6 Å². The molecule has 0 aliphatic carbocycles. The number of hydrogen-bond donors (Lipinski definition) is 0. The maximum Gasteiger partial charge on any atom is 0.0462 e. The van der Waals surface area contributed by atoms with E-state index in [1.54, 1.807) is 0 Å². The largest absolute Gasteiger partial charge is 0.261 e. The number of pyridine rings is 1. The van der Waals surface area contributed by atoms with Gasteiger partial charge in [-0.25, -0.2) is 0 Å². The monoisotopic (exact) mass is 387 g/mol. The number of aromatic nitrogens is 1. The predicted octanol–water partition coefficient (Wildman–Crippen LogP) is 5.48. The number of halogens is 3. The Morgan fingerprint density at radius 1 is 1.33 bits per heavy atom. The standard InChI is InChI=1S/C14H12Br2ClN/c1-9-3-2-6-18-14(9)8-13(16)11-7-10(17)4-5-12(11)15/h2-7,13H,8H2,1H3. The van der Waals surface area contributed by atoms with Crippen LogP contribution < -0.4 is 0 Å². The van der Waals surface area contributed by atoms with Crippen LogP contribution in [0.1, 0.15) is 21.6 Å². The van der Waals surface area contributed by atoms with Gasteiger partial charge in [0.05, 0.1) is 0 Å². The van der Waals surface area contributed by atoms with Crippen molar-refractivity contribution in [2.45, 2.75) is 18.2 Å². The van der Waals surface area contributed by atoms with Crippen molar-refractivity contribution in [3.05, 3.63) is 62.8 Å². The molecule has 0 spiro atoms. The van der Waals surface area contributed by atoms with Gasteiger partial charge < -0.3 is 0 Å². The van der Waals surface area contributed by atoms with E-state index in [0.717, 1.165) is 27.2 Å². The lowest BCUT2D eigenvalue weighted by Crippen LogP contribution is -2.00. The average molecular weight is 390 g/mol. The summed E-state index contributed by atoms with van der Waals surface area (Å²) in [6, 6.07) is 9.86. The molecule has 94 valence electrons. The molecule has 0 radical (unpaired) electrons. The van der Waals surface area contributed by atoms with Crippen molar-refractivity contribution >= 4 is 43.5 Å². The van der Waals surface area contributed by atoms with Crippen molar-refractivity contribution in [1.82, 2.24) is 4.98 Å². The highest BCUT2D eigenvalue weighted by Crippen LogP contribution is 2.34. The molecule has 0 aliphatic rings. The number of benzene rings is 1. The van der Waals surface area contributed by atoms with Crippen LogP contribution >= 0.6 is 43.5 Å². The summed E-state index contributed by atoms with van der Waals surface area (Å²) in [6.07, 6.45) is 2.67. The molecular formula is C14H12Br2ClN. The number of aryl methyl sites for hydroxylation is 1. The topological polar surface area (TPSA) is 12.9 Å². The summed E-state index contributed by atoms with van der Waals surface area (Å²) in [5.41, 5.74) is 3.46. The zero-order valence-corrected chi connectivity index (χ0v) is 13.8. The molecule has 0 fully saturated rings. The summed E-state index contributed by atoms with van der Waals surface area (Å²) >= 11 is 13.3. The number of nitrogens with zero attached hydrogens (tertiary/aromatic N) is 1. The third-order valence-electron chi connectivity index (χ3n) is 2.79. The first-order chi connectivity index (χ1) is 8.58. The van der Waals surface area contributed by atoms with Crippen LogP contribution in [0.2, 0.25) is 5.02 Å². The van der Waals surface area contributed by atoms with Crippen molar-refractivity contribution in [2.24, 2.45) is 0 Å². The molecule has 2 aromatic rings. The summed E-state index contributed by atoms with van der Waals surface area (Å²) in [5, 5.41) is 0.746. The molecule has 0 N–H and O–H groups in total. The van der Waals surface area contributed by atoms with Crippen LogP contribution in [0.15, 0.2) is 41.0 Å². The SMILES string of the molecule is Cc1cccnc1CC(Br)c1cc(Cl)ccc1Br. The Balaban J connectivity index is 2.25. The Labute approximate surface area is 129 Å². The fourth-order valence-corrected chi connectivity index (χ4v) is 3.46. The van der Waals surface area contributed by atoms with Crippen LogP contribution in [0.5, 0.6) is 0 Å². The van der Waals surface area contributed by atoms with E-state index in [1.165, 1.54) is 5.56 Å². The Morgan fingerprint density at radius 3 is 2.83 bits per heavy atom. The van der Waals surface area contributed by atoms with Gasteiger partial charge in [-0.1, -0.05) is 49.5 Å². The summed E-state index contributed by atoms with van der Waals surface area (Å²) in [7, 11) is 0. The van der Waals surface area contributed by atoms with E-state index in [-0.39, 0.29) is 4.83 Å². The molecule has 1 atom stereocenters. The second-order valence-corrected chi connectivity index (χ2v) is 6.50. The zero-order valence-electron chi connectivity index (χ0n) is 9.83. The van der Waals surface area contributed by atoms with Crippen molar-refractivity contribution in [1.29, 1.82) is 0 Å². The van der Waals surface area contributed by atoms with Crippen LogP contribution in [-0.4, -0.2) is 4.98 Å². The smallest absolute Gasteiger partial charge is 0.0462 e. The van der Waals surface area contributed by atoms with Crippen LogP contribution in [0.25, 0.3) is 0 Å². The maximum absolute atomic E-state index is 6.04. The quantitative estimate of drug-likeness (QED) is 0.633. The fraction of sp³-hybridized carbons (Fsp3) is 0.214. The van der Waals surface area contributed by atoms with Gasteiger partial charge in [-0.2, -0.15) is 0 Å². The summed E-state index contributed by atoms with van der Waals surface area (Å²) in [4.78, 5) is 4.61. The minimum absolute atomic E-state index is 0.194. The Bertz CT molecular complexity index is 557. The minimum Gasteiger partial charge on any atom is -0.261 e. The van der Waals surface area contributed by atoms with Crippen LogP contribution in [0.4, 0.5) is 0 Å². The Kier molecular flexibility index (Phi) is 4.82. The molecule has 1 nitrogen and oxygen atoms in total. The summed E-state index contributed by atoms with van der Waals surface area (Å²) in [5.74, 6) is 0. The molecule has 1 heterocycles. The molecule has 0 bridgehead atoms. The second-order valence-electron chi connectivity index (χ2n) is 4.10. The first-order valence-electron chi connectivity index (χ1n) is 5.57.